The molecule has 0 amide bonds. The van der Waals surface area contributed by atoms with Gasteiger partial charge in [0, 0.05) is 41.3 Å². The summed E-state index contributed by atoms with van der Waals surface area (Å²) in [5.41, 5.74) is 4.40. The molecule has 0 saturated heterocycles. The fourth-order valence-electron chi connectivity index (χ4n) is 4.17. The molecule has 0 aliphatic rings. The molecule has 1 atom stereocenters. The SMILES string of the molecule is CCOC(Cc1ccc(OCCn2cc(C)c3cc(C(=O)c4ccccc4)ccc32)cc1)C(=O)O. The molecule has 180 valence electrons. The molecule has 1 N–H and O–H groups in total. The fourth-order valence-corrected chi connectivity index (χ4v) is 4.17. The van der Waals surface area contributed by atoms with E-state index in [1.54, 1.807) is 6.92 Å². The monoisotopic (exact) mass is 471 g/mol. The van der Waals surface area contributed by atoms with Crippen LogP contribution in [0.4, 0.5) is 0 Å². The maximum absolute atomic E-state index is 12.8. The molecule has 1 unspecified atom stereocenters. The second-order valence-corrected chi connectivity index (χ2v) is 8.41. The number of hydrogen-bond acceptors (Lipinski definition) is 4. The third kappa shape index (κ3) is 5.78. The van der Waals surface area contributed by atoms with Crippen molar-refractivity contribution in [2.75, 3.05) is 13.2 Å². The van der Waals surface area contributed by atoms with Crippen LogP contribution in [0.5, 0.6) is 5.75 Å². The lowest BCUT2D eigenvalue weighted by molar-refractivity contribution is -0.149. The fraction of sp³-hybridized carbons (Fsp3) is 0.241. The summed E-state index contributed by atoms with van der Waals surface area (Å²) in [4.78, 5) is 24.1. The van der Waals surface area contributed by atoms with Crippen LogP contribution >= 0.6 is 0 Å². The highest BCUT2D eigenvalue weighted by atomic mass is 16.5. The van der Waals surface area contributed by atoms with Crippen molar-refractivity contribution in [2.24, 2.45) is 0 Å². The second kappa shape index (κ2) is 11.0. The molecule has 4 rings (SSSR count). The van der Waals surface area contributed by atoms with Gasteiger partial charge in [0.15, 0.2) is 11.9 Å². The molecule has 4 aromatic rings. The summed E-state index contributed by atoms with van der Waals surface area (Å²) in [5, 5.41) is 10.3. The molecule has 0 radical (unpaired) electrons. The van der Waals surface area contributed by atoms with Gasteiger partial charge in [0.2, 0.25) is 0 Å². The van der Waals surface area contributed by atoms with Crippen LogP contribution in [0, 0.1) is 6.92 Å². The number of carbonyl (C=O) groups is 2. The highest BCUT2D eigenvalue weighted by Crippen LogP contribution is 2.24. The third-order valence-corrected chi connectivity index (χ3v) is 5.97. The number of carbonyl (C=O) groups excluding carboxylic acids is 1. The Kier molecular flexibility index (Phi) is 7.63. The van der Waals surface area contributed by atoms with Gasteiger partial charge in [0.25, 0.3) is 0 Å². The molecule has 0 fully saturated rings. The van der Waals surface area contributed by atoms with Crippen LogP contribution in [0.15, 0.2) is 79.0 Å². The number of aryl methyl sites for hydroxylation is 1. The summed E-state index contributed by atoms with van der Waals surface area (Å²) in [5.74, 6) is -0.221. The summed E-state index contributed by atoms with van der Waals surface area (Å²) in [6.07, 6.45) is 1.54. The van der Waals surface area contributed by atoms with Gasteiger partial charge >= 0.3 is 5.97 Å². The number of nitrogens with zero attached hydrogens (tertiary/aromatic N) is 1. The van der Waals surface area contributed by atoms with Crippen molar-refractivity contribution in [2.45, 2.75) is 32.9 Å². The normalized spacial score (nSPS) is 11.9. The van der Waals surface area contributed by atoms with E-state index in [0.717, 1.165) is 27.8 Å². The van der Waals surface area contributed by atoms with Crippen molar-refractivity contribution in [3.63, 3.8) is 0 Å². The summed E-state index contributed by atoms with van der Waals surface area (Å²) < 4.78 is 13.3. The van der Waals surface area contributed by atoms with Gasteiger partial charge in [-0.25, -0.2) is 4.79 Å². The van der Waals surface area contributed by atoms with E-state index in [0.29, 0.717) is 37.3 Å². The average Bonchev–Trinajstić information content (AvgIpc) is 3.19. The van der Waals surface area contributed by atoms with E-state index in [1.807, 2.05) is 79.7 Å². The number of hydrogen-bond donors (Lipinski definition) is 1. The predicted octanol–water partition coefficient (Wildman–Crippen LogP) is 5.29. The first-order valence-corrected chi connectivity index (χ1v) is 11.7. The van der Waals surface area contributed by atoms with Crippen LogP contribution in [-0.4, -0.2) is 40.7 Å². The van der Waals surface area contributed by atoms with Crippen molar-refractivity contribution in [3.05, 3.63) is 101 Å². The van der Waals surface area contributed by atoms with Crippen LogP contribution in [-0.2, 0) is 22.5 Å². The number of ketones is 1. The van der Waals surface area contributed by atoms with Gasteiger partial charge in [0.1, 0.15) is 12.4 Å². The van der Waals surface area contributed by atoms with Crippen LogP contribution in [0.3, 0.4) is 0 Å². The van der Waals surface area contributed by atoms with Crippen molar-refractivity contribution >= 4 is 22.7 Å². The molecule has 0 saturated carbocycles. The molecule has 6 heteroatoms. The zero-order valence-electron chi connectivity index (χ0n) is 19.9. The van der Waals surface area contributed by atoms with E-state index in [4.69, 9.17) is 9.47 Å². The highest BCUT2D eigenvalue weighted by molar-refractivity contribution is 6.10. The van der Waals surface area contributed by atoms with Gasteiger partial charge in [-0.2, -0.15) is 0 Å². The van der Waals surface area contributed by atoms with Gasteiger partial charge in [0.05, 0.1) is 6.54 Å². The number of ether oxygens (including phenoxy) is 2. The average molecular weight is 472 g/mol. The molecular formula is C29H29NO5. The summed E-state index contributed by atoms with van der Waals surface area (Å²) in [6, 6.07) is 22.6. The van der Waals surface area contributed by atoms with E-state index in [1.165, 1.54) is 0 Å². The first-order valence-electron chi connectivity index (χ1n) is 11.7. The summed E-state index contributed by atoms with van der Waals surface area (Å²) >= 11 is 0. The number of aromatic nitrogens is 1. The molecule has 0 bridgehead atoms. The minimum absolute atomic E-state index is 0.0161. The molecule has 3 aromatic carbocycles. The maximum Gasteiger partial charge on any atom is 0.333 e. The number of fused-ring (bicyclic) bond motifs is 1. The second-order valence-electron chi connectivity index (χ2n) is 8.41. The Bertz CT molecular complexity index is 1310. The molecule has 0 aliphatic carbocycles. The van der Waals surface area contributed by atoms with Crippen molar-refractivity contribution in [3.8, 4) is 5.75 Å². The van der Waals surface area contributed by atoms with Gasteiger partial charge < -0.3 is 19.1 Å². The Labute approximate surface area is 204 Å². The highest BCUT2D eigenvalue weighted by Gasteiger charge is 2.18. The molecule has 6 nitrogen and oxygen atoms in total. The van der Waals surface area contributed by atoms with Gasteiger partial charge in [-0.1, -0.05) is 42.5 Å². The molecule has 1 heterocycles. The summed E-state index contributed by atoms with van der Waals surface area (Å²) in [6.45, 7) is 5.32. The quantitative estimate of drug-likeness (QED) is 0.301. The predicted molar refractivity (Wildman–Crippen MR) is 135 cm³/mol. The van der Waals surface area contributed by atoms with Crippen LogP contribution in [0.2, 0.25) is 0 Å². The Morgan fingerprint density at radius 1 is 0.971 bits per heavy atom. The van der Waals surface area contributed by atoms with Crippen LogP contribution < -0.4 is 4.74 Å². The van der Waals surface area contributed by atoms with E-state index in [-0.39, 0.29) is 5.78 Å². The smallest absolute Gasteiger partial charge is 0.333 e. The first-order chi connectivity index (χ1) is 17.0. The number of carboxylic acid groups (broad SMARTS) is 1. The largest absolute Gasteiger partial charge is 0.492 e. The maximum atomic E-state index is 12.8. The van der Waals surface area contributed by atoms with E-state index in [9.17, 15) is 14.7 Å². The topological polar surface area (TPSA) is 77.8 Å². The van der Waals surface area contributed by atoms with E-state index >= 15 is 0 Å². The third-order valence-electron chi connectivity index (χ3n) is 5.97. The molecular weight excluding hydrogens is 442 g/mol. The zero-order valence-corrected chi connectivity index (χ0v) is 19.9. The lowest BCUT2D eigenvalue weighted by Crippen LogP contribution is -2.26. The Hall–Kier alpha value is -3.90. The molecule has 1 aromatic heterocycles. The molecule has 35 heavy (non-hydrogen) atoms. The van der Waals surface area contributed by atoms with Gasteiger partial charge in [-0.05, 0) is 55.3 Å². The van der Waals surface area contributed by atoms with Crippen molar-refractivity contribution < 1.29 is 24.2 Å². The van der Waals surface area contributed by atoms with Gasteiger partial charge in [-0.15, -0.1) is 0 Å². The Morgan fingerprint density at radius 2 is 1.71 bits per heavy atom. The van der Waals surface area contributed by atoms with E-state index in [2.05, 4.69) is 10.8 Å². The summed E-state index contributed by atoms with van der Waals surface area (Å²) in [7, 11) is 0. The number of carboxylic acids is 1. The Morgan fingerprint density at radius 3 is 2.40 bits per heavy atom. The lowest BCUT2D eigenvalue weighted by atomic mass is 10.0. The van der Waals surface area contributed by atoms with E-state index < -0.39 is 12.1 Å². The van der Waals surface area contributed by atoms with Crippen molar-refractivity contribution in [1.29, 1.82) is 0 Å². The number of aliphatic carboxylic acids is 1. The minimum atomic E-state index is -0.960. The zero-order chi connectivity index (χ0) is 24.8. The lowest BCUT2D eigenvalue weighted by Gasteiger charge is -2.13. The minimum Gasteiger partial charge on any atom is -0.492 e. The molecule has 0 aliphatic heterocycles. The molecule has 0 spiro atoms. The number of benzene rings is 3. The van der Waals surface area contributed by atoms with Crippen molar-refractivity contribution in [1.82, 2.24) is 4.57 Å². The number of rotatable bonds is 11. The van der Waals surface area contributed by atoms with Gasteiger partial charge in [-0.3, -0.25) is 4.79 Å². The van der Waals surface area contributed by atoms with Crippen LogP contribution in [0.25, 0.3) is 10.9 Å². The van der Waals surface area contributed by atoms with Crippen LogP contribution in [0.1, 0.15) is 34.0 Å². The first kappa shape index (κ1) is 24.2. The standard InChI is InChI=1S/C29H29NO5/c1-3-34-27(29(32)33)17-21-9-12-24(13-10-21)35-16-15-30-19-20(2)25-18-23(11-14-26(25)30)28(31)22-7-5-4-6-8-22/h4-14,18-19,27H,3,15-17H2,1-2H3,(H,32,33). The Balaban J connectivity index is 1.39.